The number of sulfone groups is 1. The van der Waals surface area contributed by atoms with Gasteiger partial charge in [0.2, 0.25) is 5.91 Å². The molecular formula is C13H11Cl2N3O4S. The molecule has 2 aromatic rings. The highest BCUT2D eigenvalue weighted by atomic mass is 35.5. The van der Waals surface area contributed by atoms with E-state index in [0.717, 1.165) is 17.1 Å². The van der Waals surface area contributed by atoms with Crippen LogP contribution in [0.3, 0.4) is 0 Å². The lowest BCUT2D eigenvalue weighted by atomic mass is 10.3. The molecule has 122 valence electrons. The smallest absolute Gasteiger partial charge is 0.287 e. The molecule has 1 aromatic carbocycles. The van der Waals surface area contributed by atoms with Crippen LogP contribution in [0.15, 0.2) is 40.2 Å². The molecule has 1 amide bonds. The first-order chi connectivity index (χ1) is 10.7. The number of nitrogens with zero attached hydrogens (tertiary/aromatic N) is 2. The molecule has 7 nitrogen and oxygen atoms in total. The quantitative estimate of drug-likeness (QED) is 0.874. The third kappa shape index (κ3) is 4.31. The molecule has 0 radical (unpaired) electrons. The summed E-state index contributed by atoms with van der Waals surface area (Å²) in [5.74, 6) is -0.566. The summed E-state index contributed by atoms with van der Waals surface area (Å²) in [5, 5.41) is 5.96. The molecule has 0 spiro atoms. The van der Waals surface area contributed by atoms with Gasteiger partial charge in [0.05, 0.1) is 16.1 Å². The first kappa shape index (κ1) is 17.5. The Bertz CT molecular complexity index is 925. The molecule has 1 heterocycles. The van der Waals surface area contributed by atoms with E-state index >= 15 is 0 Å². The van der Waals surface area contributed by atoms with E-state index in [1.165, 1.54) is 24.3 Å². The lowest BCUT2D eigenvalue weighted by Crippen LogP contribution is -2.29. The Morgan fingerprint density at radius 2 is 2.04 bits per heavy atom. The number of hydrogen-bond donors (Lipinski definition) is 1. The maximum atomic E-state index is 12.0. The highest BCUT2D eigenvalue weighted by Gasteiger charge is 2.12. The van der Waals surface area contributed by atoms with Crippen LogP contribution in [0.2, 0.25) is 10.0 Å². The van der Waals surface area contributed by atoms with Crippen LogP contribution in [0.5, 0.6) is 0 Å². The number of anilines is 1. The van der Waals surface area contributed by atoms with Gasteiger partial charge in [-0.05, 0) is 18.2 Å². The van der Waals surface area contributed by atoms with Crippen molar-refractivity contribution >= 4 is 44.6 Å². The second kappa shape index (κ2) is 6.69. The van der Waals surface area contributed by atoms with Crippen molar-refractivity contribution in [2.24, 2.45) is 0 Å². The Kier molecular flexibility index (Phi) is 5.08. The van der Waals surface area contributed by atoms with Gasteiger partial charge in [0.25, 0.3) is 5.56 Å². The molecule has 2 rings (SSSR count). The summed E-state index contributed by atoms with van der Waals surface area (Å²) in [5.41, 5.74) is -0.412. The zero-order chi connectivity index (χ0) is 17.2. The van der Waals surface area contributed by atoms with E-state index < -0.39 is 27.8 Å². The van der Waals surface area contributed by atoms with Crippen LogP contribution in [0, 0.1) is 0 Å². The molecule has 0 saturated carbocycles. The lowest BCUT2D eigenvalue weighted by Gasteiger charge is -2.08. The number of amides is 1. The van der Waals surface area contributed by atoms with Gasteiger partial charge in [-0.25, -0.2) is 13.1 Å². The van der Waals surface area contributed by atoms with Crippen LogP contribution < -0.4 is 10.9 Å². The minimum absolute atomic E-state index is 0.00539. The topological polar surface area (TPSA) is 98.1 Å². The van der Waals surface area contributed by atoms with Gasteiger partial charge in [0.1, 0.15) is 11.6 Å². The summed E-state index contributed by atoms with van der Waals surface area (Å²) in [7, 11) is -3.39. The molecule has 10 heteroatoms. The Balaban J connectivity index is 2.18. The fourth-order valence-electron chi connectivity index (χ4n) is 1.70. The van der Waals surface area contributed by atoms with Crippen LogP contribution in [-0.2, 0) is 21.2 Å². The number of carbonyl (C=O) groups excluding carboxylic acids is 1. The molecule has 1 N–H and O–H groups in total. The van der Waals surface area contributed by atoms with Crippen LogP contribution in [0.1, 0.15) is 0 Å². The maximum absolute atomic E-state index is 12.0. The van der Waals surface area contributed by atoms with Crippen LogP contribution >= 0.6 is 23.2 Å². The summed E-state index contributed by atoms with van der Waals surface area (Å²) in [6.07, 6.45) is 2.22. The van der Waals surface area contributed by atoms with E-state index in [1.807, 2.05) is 0 Å². The second-order valence-corrected chi connectivity index (χ2v) is 7.42. The van der Waals surface area contributed by atoms with Crippen molar-refractivity contribution in [1.29, 1.82) is 0 Å². The molecule has 0 atom stereocenters. The summed E-state index contributed by atoms with van der Waals surface area (Å²) < 4.78 is 23.8. The third-order valence-electron chi connectivity index (χ3n) is 2.78. The summed E-state index contributed by atoms with van der Waals surface area (Å²) >= 11 is 11.3. The number of hydrogen-bond acceptors (Lipinski definition) is 5. The first-order valence-electron chi connectivity index (χ1n) is 6.19. The number of nitrogens with one attached hydrogen (secondary N) is 1. The molecule has 23 heavy (non-hydrogen) atoms. The second-order valence-electron chi connectivity index (χ2n) is 4.62. The van der Waals surface area contributed by atoms with E-state index in [4.69, 9.17) is 23.2 Å². The Labute approximate surface area is 141 Å². The van der Waals surface area contributed by atoms with Gasteiger partial charge in [-0.2, -0.15) is 5.10 Å². The minimum atomic E-state index is -3.39. The fraction of sp³-hybridized carbons (Fsp3) is 0.154. The average Bonchev–Trinajstić information content (AvgIpc) is 2.47. The zero-order valence-electron chi connectivity index (χ0n) is 11.8. The Morgan fingerprint density at radius 1 is 1.35 bits per heavy atom. The predicted octanol–water partition coefficient (Wildman–Crippen LogP) is 1.59. The van der Waals surface area contributed by atoms with Crippen LogP contribution in [0.25, 0.3) is 0 Å². The Hall–Kier alpha value is -1.90. The number of rotatable bonds is 4. The standard InChI is InChI=1S/C13H11Cl2N3O4S/c1-23(21,22)9-4-2-3-8(5-9)17-11(19)7-18-13(20)12(15)10(14)6-16-18/h2-6H,7H2,1H3,(H,17,19). The van der Waals surface area contributed by atoms with Crippen molar-refractivity contribution in [3.8, 4) is 0 Å². The van der Waals surface area contributed by atoms with Gasteiger partial charge < -0.3 is 5.32 Å². The van der Waals surface area contributed by atoms with E-state index in [-0.39, 0.29) is 20.6 Å². The van der Waals surface area contributed by atoms with Gasteiger partial charge in [0.15, 0.2) is 9.84 Å². The van der Waals surface area contributed by atoms with Crippen LogP contribution in [0.4, 0.5) is 5.69 Å². The number of aromatic nitrogens is 2. The van der Waals surface area contributed by atoms with Crippen molar-refractivity contribution in [2.75, 3.05) is 11.6 Å². The van der Waals surface area contributed by atoms with Gasteiger partial charge in [-0.3, -0.25) is 9.59 Å². The molecule has 0 aliphatic rings. The maximum Gasteiger partial charge on any atom is 0.287 e. The SMILES string of the molecule is CS(=O)(=O)c1cccc(NC(=O)Cn2ncc(Cl)c(Cl)c2=O)c1. The molecule has 0 unspecified atom stereocenters. The van der Waals surface area contributed by atoms with Crippen molar-refractivity contribution in [3.63, 3.8) is 0 Å². The highest BCUT2D eigenvalue weighted by Crippen LogP contribution is 2.16. The molecule has 0 aliphatic carbocycles. The largest absolute Gasteiger partial charge is 0.324 e. The van der Waals surface area contributed by atoms with Gasteiger partial charge in [0, 0.05) is 11.9 Å². The predicted molar refractivity (Wildman–Crippen MR) is 86.7 cm³/mol. The van der Waals surface area contributed by atoms with Crippen molar-refractivity contribution in [1.82, 2.24) is 9.78 Å². The Morgan fingerprint density at radius 3 is 2.70 bits per heavy atom. The van der Waals surface area contributed by atoms with Crippen molar-refractivity contribution < 1.29 is 13.2 Å². The highest BCUT2D eigenvalue weighted by molar-refractivity contribution is 7.90. The van der Waals surface area contributed by atoms with Gasteiger partial charge in [-0.1, -0.05) is 29.3 Å². The molecular weight excluding hydrogens is 365 g/mol. The normalized spacial score (nSPS) is 11.3. The lowest BCUT2D eigenvalue weighted by molar-refractivity contribution is -0.117. The van der Waals surface area contributed by atoms with Crippen molar-refractivity contribution in [2.45, 2.75) is 11.4 Å². The first-order valence-corrected chi connectivity index (χ1v) is 8.84. The summed E-state index contributed by atoms with van der Waals surface area (Å²) in [6.45, 7) is -0.390. The van der Waals surface area contributed by atoms with E-state index in [9.17, 15) is 18.0 Å². The fourth-order valence-corrected chi connectivity index (χ4v) is 2.64. The van der Waals surface area contributed by atoms with Gasteiger partial charge >= 0.3 is 0 Å². The minimum Gasteiger partial charge on any atom is -0.324 e. The molecule has 0 fully saturated rings. The summed E-state index contributed by atoms with van der Waals surface area (Å²) in [4.78, 5) is 23.8. The molecule has 0 bridgehead atoms. The van der Waals surface area contributed by atoms with Gasteiger partial charge in [-0.15, -0.1) is 0 Å². The molecule has 1 aromatic heterocycles. The number of benzene rings is 1. The zero-order valence-corrected chi connectivity index (χ0v) is 14.1. The number of halogens is 2. The van der Waals surface area contributed by atoms with E-state index in [2.05, 4.69) is 10.4 Å². The molecule has 0 aliphatic heterocycles. The monoisotopic (exact) mass is 375 g/mol. The summed E-state index contributed by atoms with van der Waals surface area (Å²) in [6, 6.07) is 5.75. The third-order valence-corrected chi connectivity index (χ3v) is 4.64. The van der Waals surface area contributed by atoms with E-state index in [1.54, 1.807) is 0 Å². The van der Waals surface area contributed by atoms with E-state index in [0.29, 0.717) is 0 Å². The van der Waals surface area contributed by atoms with Crippen molar-refractivity contribution in [3.05, 3.63) is 50.9 Å². The number of carbonyl (C=O) groups is 1. The average molecular weight is 376 g/mol. The molecule has 0 saturated heterocycles. The van der Waals surface area contributed by atoms with Crippen LogP contribution in [-0.4, -0.2) is 30.4 Å².